The summed E-state index contributed by atoms with van der Waals surface area (Å²) in [5, 5.41) is 0.649. The van der Waals surface area contributed by atoms with Gasteiger partial charge < -0.3 is 4.98 Å². The van der Waals surface area contributed by atoms with Gasteiger partial charge in [0.05, 0.1) is 22.0 Å². The number of hydrogen-bond donors (Lipinski definition) is 1. The average Bonchev–Trinajstić information content (AvgIpc) is 2.99. The van der Waals surface area contributed by atoms with Crippen LogP contribution in [0.15, 0.2) is 46.5 Å². The molecule has 0 aliphatic heterocycles. The zero-order chi connectivity index (χ0) is 17.4. The highest BCUT2D eigenvalue weighted by atomic mass is 32.2. The highest BCUT2D eigenvalue weighted by molar-refractivity contribution is 8.14. The third-order valence-corrected chi connectivity index (χ3v) is 6.87. The Morgan fingerprint density at radius 1 is 1.29 bits per heavy atom. The van der Waals surface area contributed by atoms with Crippen molar-refractivity contribution in [2.75, 3.05) is 24.3 Å². The molecule has 5 nitrogen and oxygen atoms in total. The van der Waals surface area contributed by atoms with Crippen molar-refractivity contribution in [2.45, 2.75) is 17.6 Å². The van der Waals surface area contributed by atoms with E-state index in [2.05, 4.69) is 15.0 Å². The minimum absolute atomic E-state index is 0.0404. The third kappa shape index (κ3) is 5.68. The van der Waals surface area contributed by atoms with Crippen LogP contribution in [0, 0.1) is 6.92 Å². The Morgan fingerprint density at radius 2 is 2.04 bits per heavy atom. The summed E-state index contributed by atoms with van der Waals surface area (Å²) in [6, 6.07) is 8.51. The standard InChI is InChI=1S/C16H21N3O2S3/c1-13-15(19-12-18-13)10-23-9-8-17-16(22-2)11-24(20,21)14-6-4-3-5-7-14/h3-7,12H,8-11H2,1-2H3,(H,18,19). The van der Waals surface area contributed by atoms with Crippen LogP contribution >= 0.6 is 23.5 Å². The second-order valence-corrected chi connectivity index (χ2v) is 9.05. The first-order chi connectivity index (χ1) is 11.5. The molecule has 0 fully saturated rings. The highest BCUT2D eigenvalue weighted by Crippen LogP contribution is 2.15. The molecule has 8 heteroatoms. The van der Waals surface area contributed by atoms with Gasteiger partial charge in [0.25, 0.3) is 0 Å². The first-order valence-corrected chi connectivity index (χ1v) is 11.5. The van der Waals surface area contributed by atoms with Crippen molar-refractivity contribution in [1.82, 2.24) is 9.97 Å². The normalized spacial score (nSPS) is 12.5. The molecule has 0 unspecified atom stereocenters. The summed E-state index contributed by atoms with van der Waals surface area (Å²) in [7, 11) is -3.33. The molecule has 1 aromatic carbocycles. The first-order valence-electron chi connectivity index (χ1n) is 7.44. The first kappa shape index (κ1) is 19.1. The van der Waals surface area contributed by atoms with Crippen LogP contribution in [0.1, 0.15) is 11.4 Å². The van der Waals surface area contributed by atoms with Gasteiger partial charge in [0.2, 0.25) is 0 Å². The van der Waals surface area contributed by atoms with E-state index < -0.39 is 9.84 Å². The van der Waals surface area contributed by atoms with E-state index in [1.165, 1.54) is 11.8 Å². The molecule has 0 spiro atoms. The maximum Gasteiger partial charge on any atom is 0.184 e. The number of hydrogen-bond acceptors (Lipinski definition) is 6. The minimum atomic E-state index is -3.33. The van der Waals surface area contributed by atoms with E-state index >= 15 is 0 Å². The summed E-state index contributed by atoms with van der Waals surface area (Å²) >= 11 is 3.14. The fourth-order valence-corrected chi connectivity index (χ4v) is 5.14. The van der Waals surface area contributed by atoms with Crippen molar-refractivity contribution in [1.29, 1.82) is 0 Å². The summed E-state index contributed by atoms with van der Waals surface area (Å²) < 4.78 is 24.7. The second-order valence-electron chi connectivity index (χ2n) is 5.08. The summed E-state index contributed by atoms with van der Waals surface area (Å²) in [6.07, 6.45) is 3.56. The number of aromatic nitrogens is 2. The van der Waals surface area contributed by atoms with Gasteiger partial charge in [-0.3, -0.25) is 4.99 Å². The molecule has 2 aromatic rings. The molecule has 0 saturated carbocycles. The Balaban J connectivity index is 1.84. The molecule has 1 N–H and O–H groups in total. The van der Waals surface area contributed by atoms with Crippen molar-refractivity contribution in [3.8, 4) is 0 Å². The van der Waals surface area contributed by atoms with E-state index in [-0.39, 0.29) is 5.75 Å². The lowest BCUT2D eigenvalue weighted by atomic mass is 10.4. The maximum absolute atomic E-state index is 12.4. The van der Waals surface area contributed by atoms with E-state index in [4.69, 9.17) is 0 Å². The number of thioether (sulfide) groups is 2. The minimum Gasteiger partial charge on any atom is -0.348 e. The quantitative estimate of drug-likeness (QED) is 0.430. The monoisotopic (exact) mass is 383 g/mol. The Morgan fingerprint density at radius 3 is 2.67 bits per heavy atom. The van der Waals surface area contributed by atoms with E-state index in [1.54, 1.807) is 48.4 Å². The Kier molecular flexibility index (Phi) is 7.39. The Hall–Kier alpha value is -1.25. The molecule has 1 heterocycles. The fourth-order valence-electron chi connectivity index (χ4n) is 1.98. The predicted molar refractivity (Wildman–Crippen MR) is 104 cm³/mol. The molecule has 0 radical (unpaired) electrons. The molecule has 0 aliphatic rings. The number of benzene rings is 1. The molecule has 130 valence electrons. The molecular weight excluding hydrogens is 362 g/mol. The Labute approximate surface area is 151 Å². The van der Waals surface area contributed by atoms with Gasteiger partial charge in [-0.15, -0.1) is 11.8 Å². The van der Waals surface area contributed by atoms with E-state index in [0.717, 1.165) is 22.9 Å². The zero-order valence-electron chi connectivity index (χ0n) is 13.7. The van der Waals surface area contributed by atoms with E-state index in [0.29, 0.717) is 16.5 Å². The van der Waals surface area contributed by atoms with E-state index in [1.807, 2.05) is 13.2 Å². The molecule has 2 rings (SSSR count). The predicted octanol–water partition coefficient (Wildman–Crippen LogP) is 3.19. The number of rotatable bonds is 8. The van der Waals surface area contributed by atoms with Crippen LogP contribution in [0.5, 0.6) is 0 Å². The van der Waals surface area contributed by atoms with Crippen LogP contribution in [-0.4, -0.2) is 47.7 Å². The van der Waals surface area contributed by atoms with Crippen LogP contribution in [0.4, 0.5) is 0 Å². The Bertz CT molecular complexity index is 771. The van der Waals surface area contributed by atoms with Crippen LogP contribution in [0.25, 0.3) is 0 Å². The molecule has 0 amide bonds. The number of imidazole rings is 1. The van der Waals surface area contributed by atoms with Crippen LogP contribution < -0.4 is 0 Å². The lowest BCUT2D eigenvalue weighted by molar-refractivity contribution is 0.600. The number of aromatic amines is 1. The van der Waals surface area contributed by atoms with Gasteiger partial charge in [-0.25, -0.2) is 13.4 Å². The maximum atomic E-state index is 12.4. The van der Waals surface area contributed by atoms with Gasteiger partial charge in [-0.05, 0) is 25.3 Å². The number of aryl methyl sites for hydroxylation is 1. The zero-order valence-corrected chi connectivity index (χ0v) is 16.2. The third-order valence-electron chi connectivity index (χ3n) is 3.35. The fraction of sp³-hybridized carbons (Fsp3) is 0.375. The van der Waals surface area contributed by atoms with Gasteiger partial charge in [0.15, 0.2) is 9.84 Å². The molecule has 24 heavy (non-hydrogen) atoms. The van der Waals surface area contributed by atoms with E-state index in [9.17, 15) is 8.42 Å². The SMILES string of the molecule is CSC(CS(=O)(=O)c1ccccc1)=NCCSCc1nc[nH]c1C. The van der Waals surface area contributed by atoms with Crippen molar-refractivity contribution >= 4 is 38.4 Å². The van der Waals surface area contributed by atoms with Gasteiger partial charge in [0.1, 0.15) is 5.75 Å². The molecule has 1 aromatic heterocycles. The van der Waals surface area contributed by atoms with Crippen molar-refractivity contribution in [2.24, 2.45) is 4.99 Å². The van der Waals surface area contributed by atoms with Crippen LogP contribution in [-0.2, 0) is 15.6 Å². The molecular formula is C16H21N3O2S3. The highest BCUT2D eigenvalue weighted by Gasteiger charge is 2.16. The molecule has 0 saturated heterocycles. The number of nitrogens with zero attached hydrogens (tertiary/aromatic N) is 2. The van der Waals surface area contributed by atoms with Crippen molar-refractivity contribution in [3.05, 3.63) is 48.0 Å². The lowest BCUT2D eigenvalue weighted by Gasteiger charge is -2.06. The van der Waals surface area contributed by atoms with Gasteiger partial charge in [-0.1, -0.05) is 18.2 Å². The van der Waals surface area contributed by atoms with Crippen LogP contribution in [0.2, 0.25) is 0 Å². The summed E-state index contributed by atoms with van der Waals surface area (Å²) in [5.74, 6) is 1.63. The largest absolute Gasteiger partial charge is 0.348 e. The summed E-state index contributed by atoms with van der Waals surface area (Å²) in [6.45, 7) is 2.61. The van der Waals surface area contributed by atoms with Gasteiger partial charge in [-0.2, -0.15) is 11.8 Å². The number of H-pyrrole nitrogens is 1. The van der Waals surface area contributed by atoms with Crippen LogP contribution in [0.3, 0.4) is 0 Å². The molecule has 0 bridgehead atoms. The van der Waals surface area contributed by atoms with Crippen molar-refractivity contribution in [3.63, 3.8) is 0 Å². The number of nitrogens with one attached hydrogen (secondary N) is 1. The molecule has 0 atom stereocenters. The number of aliphatic imine (C=N–C) groups is 1. The summed E-state index contributed by atoms with van der Waals surface area (Å²) in [4.78, 5) is 12.1. The smallest absolute Gasteiger partial charge is 0.184 e. The average molecular weight is 384 g/mol. The van der Waals surface area contributed by atoms with Crippen molar-refractivity contribution < 1.29 is 8.42 Å². The van der Waals surface area contributed by atoms with Gasteiger partial charge in [0, 0.05) is 23.7 Å². The number of sulfone groups is 1. The van der Waals surface area contributed by atoms with Gasteiger partial charge >= 0.3 is 0 Å². The second kappa shape index (κ2) is 9.29. The lowest BCUT2D eigenvalue weighted by Crippen LogP contribution is -2.14. The summed E-state index contributed by atoms with van der Waals surface area (Å²) in [5.41, 5.74) is 2.14. The topological polar surface area (TPSA) is 75.2 Å². The molecule has 0 aliphatic carbocycles.